The van der Waals surface area contributed by atoms with Crippen molar-refractivity contribution in [2.45, 2.75) is 58.2 Å². The summed E-state index contributed by atoms with van der Waals surface area (Å²) in [7, 11) is 1.58. The molecule has 1 fully saturated rings. The number of aromatic nitrogens is 1. The predicted octanol–water partition coefficient (Wildman–Crippen LogP) is 2.68. The maximum absolute atomic E-state index is 12.7. The van der Waals surface area contributed by atoms with Crippen LogP contribution in [0.4, 0.5) is 5.69 Å². The lowest BCUT2D eigenvalue weighted by Gasteiger charge is -2.40. The minimum Gasteiger partial charge on any atom is -0.481 e. The number of ether oxygens (including phenoxy) is 1. The average Bonchev–Trinajstić information content (AvgIpc) is 2.47. The van der Waals surface area contributed by atoms with E-state index in [-0.39, 0.29) is 11.9 Å². The summed E-state index contributed by atoms with van der Waals surface area (Å²) in [4.78, 5) is 18.8. The van der Waals surface area contributed by atoms with E-state index in [1.807, 2.05) is 17.9 Å². The molecule has 1 N–H and O–H groups in total. The zero-order chi connectivity index (χ0) is 15.4. The number of pyridine rings is 1. The molecule has 116 valence electrons. The number of piperidine rings is 1. The smallest absolute Gasteiger partial charge is 0.245 e. The van der Waals surface area contributed by atoms with Crippen molar-refractivity contribution in [1.29, 1.82) is 0 Å². The summed E-state index contributed by atoms with van der Waals surface area (Å²) in [5.74, 6) is 0.725. The van der Waals surface area contributed by atoms with E-state index in [1.165, 1.54) is 6.42 Å². The van der Waals surface area contributed by atoms with E-state index in [9.17, 15) is 4.79 Å². The average molecular weight is 291 g/mol. The number of rotatable bonds is 4. The minimum atomic E-state index is -0.261. The van der Waals surface area contributed by atoms with Crippen molar-refractivity contribution in [1.82, 2.24) is 9.88 Å². The van der Waals surface area contributed by atoms with Crippen LogP contribution in [0.3, 0.4) is 0 Å². The van der Waals surface area contributed by atoms with Crippen molar-refractivity contribution in [2.75, 3.05) is 12.4 Å². The number of nitrogens with zero attached hydrogens (tertiary/aromatic N) is 2. The highest BCUT2D eigenvalue weighted by Crippen LogP contribution is 2.24. The molecular formula is C16H25N3O2. The number of nitrogens with one attached hydrogen (secondary N) is 1. The Morgan fingerprint density at radius 2 is 2.05 bits per heavy atom. The second-order valence-electron chi connectivity index (χ2n) is 5.83. The van der Waals surface area contributed by atoms with Gasteiger partial charge in [-0.1, -0.05) is 0 Å². The standard InChI is InChI=1S/C16H25N3O2/c1-11-6-5-7-12(2)19(11)16(20)13(3)18-14-8-9-15(21-4)17-10-14/h8-13,18H,5-7H2,1-4H3/t11-,12+,13-/m1/s1. The first-order valence-electron chi connectivity index (χ1n) is 7.61. The van der Waals surface area contributed by atoms with Gasteiger partial charge in [-0.05, 0) is 46.1 Å². The number of carbonyl (C=O) groups is 1. The van der Waals surface area contributed by atoms with Crippen LogP contribution in [0.15, 0.2) is 18.3 Å². The summed E-state index contributed by atoms with van der Waals surface area (Å²) in [6.45, 7) is 6.17. The van der Waals surface area contributed by atoms with Crippen LogP contribution in [-0.4, -0.2) is 41.0 Å². The van der Waals surface area contributed by atoms with E-state index in [4.69, 9.17) is 4.74 Å². The maximum Gasteiger partial charge on any atom is 0.245 e. The Kier molecular flexibility index (Phi) is 5.04. The molecule has 1 amide bonds. The summed E-state index contributed by atoms with van der Waals surface area (Å²) in [5, 5.41) is 3.22. The quantitative estimate of drug-likeness (QED) is 0.926. The first-order chi connectivity index (χ1) is 10.0. The van der Waals surface area contributed by atoms with Crippen molar-refractivity contribution >= 4 is 11.6 Å². The fraction of sp³-hybridized carbons (Fsp3) is 0.625. The lowest BCUT2D eigenvalue weighted by Crippen LogP contribution is -2.52. The van der Waals surface area contributed by atoms with Crippen LogP contribution in [0, 0.1) is 0 Å². The van der Waals surface area contributed by atoms with Gasteiger partial charge in [-0.3, -0.25) is 4.79 Å². The van der Waals surface area contributed by atoms with Gasteiger partial charge in [0.2, 0.25) is 11.8 Å². The molecule has 21 heavy (non-hydrogen) atoms. The van der Waals surface area contributed by atoms with Gasteiger partial charge in [-0.15, -0.1) is 0 Å². The second-order valence-corrected chi connectivity index (χ2v) is 5.83. The van der Waals surface area contributed by atoms with Gasteiger partial charge in [-0.2, -0.15) is 0 Å². The number of carbonyl (C=O) groups excluding carboxylic acids is 1. The molecule has 1 aliphatic rings. The zero-order valence-corrected chi connectivity index (χ0v) is 13.3. The molecule has 5 nitrogen and oxygen atoms in total. The van der Waals surface area contributed by atoms with Gasteiger partial charge < -0.3 is 15.0 Å². The molecule has 1 aromatic rings. The van der Waals surface area contributed by atoms with Gasteiger partial charge in [0.1, 0.15) is 6.04 Å². The topological polar surface area (TPSA) is 54.5 Å². The molecule has 0 spiro atoms. The Morgan fingerprint density at radius 3 is 2.57 bits per heavy atom. The molecule has 0 unspecified atom stereocenters. The molecule has 0 aliphatic carbocycles. The molecular weight excluding hydrogens is 266 g/mol. The lowest BCUT2D eigenvalue weighted by molar-refractivity contribution is -0.137. The first kappa shape index (κ1) is 15.6. The van der Waals surface area contributed by atoms with E-state index in [0.717, 1.165) is 18.5 Å². The Morgan fingerprint density at radius 1 is 1.38 bits per heavy atom. The second kappa shape index (κ2) is 6.78. The molecule has 1 saturated heterocycles. The lowest BCUT2D eigenvalue weighted by atomic mass is 9.96. The van der Waals surface area contributed by atoms with E-state index in [0.29, 0.717) is 18.0 Å². The van der Waals surface area contributed by atoms with Gasteiger partial charge in [-0.25, -0.2) is 4.98 Å². The number of hydrogen-bond donors (Lipinski definition) is 1. The first-order valence-corrected chi connectivity index (χ1v) is 7.61. The Hall–Kier alpha value is -1.78. The van der Waals surface area contributed by atoms with E-state index in [1.54, 1.807) is 19.4 Å². The van der Waals surface area contributed by atoms with Crippen molar-refractivity contribution in [3.63, 3.8) is 0 Å². The fourth-order valence-electron chi connectivity index (χ4n) is 2.98. The number of methoxy groups -OCH3 is 1. The molecule has 1 aliphatic heterocycles. The fourth-order valence-corrected chi connectivity index (χ4v) is 2.98. The molecule has 0 bridgehead atoms. The summed E-state index contributed by atoms with van der Waals surface area (Å²) in [6.07, 6.45) is 5.07. The molecule has 1 aromatic heterocycles. The van der Waals surface area contributed by atoms with Crippen molar-refractivity contribution < 1.29 is 9.53 Å². The molecule has 5 heteroatoms. The molecule has 0 radical (unpaired) electrons. The Bertz CT molecular complexity index is 465. The van der Waals surface area contributed by atoms with Crippen LogP contribution in [0.5, 0.6) is 5.88 Å². The Labute approximate surface area is 126 Å². The van der Waals surface area contributed by atoms with Gasteiger partial charge in [0.25, 0.3) is 0 Å². The summed E-state index contributed by atoms with van der Waals surface area (Å²) < 4.78 is 5.03. The Balaban J connectivity index is 2.01. The van der Waals surface area contributed by atoms with Gasteiger partial charge in [0.15, 0.2) is 0 Å². The third-order valence-electron chi connectivity index (χ3n) is 4.15. The third-order valence-corrected chi connectivity index (χ3v) is 4.15. The summed E-state index contributed by atoms with van der Waals surface area (Å²) >= 11 is 0. The van der Waals surface area contributed by atoms with Crippen LogP contribution >= 0.6 is 0 Å². The van der Waals surface area contributed by atoms with Crippen LogP contribution < -0.4 is 10.1 Å². The van der Waals surface area contributed by atoms with Gasteiger partial charge >= 0.3 is 0 Å². The molecule has 2 rings (SSSR count). The monoisotopic (exact) mass is 291 g/mol. The third kappa shape index (κ3) is 3.65. The SMILES string of the molecule is COc1ccc(N[C@H](C)C(=O)N2[C@H](C)CCC[C@@H]2C)cn1. The van der Waals surface area contributed by atoms with Crippen molar-refractivity contribution in [3.8, 4) is 5.88 Å². The summed E-state index contributed by atoms with van der Waals surface area (Å²) in [5.41, 5.74) is 0.828. The van der Waals surface area contributed by atoms with Crippen molar-refractivity contribution in [2.24, 2.45) is 0 Å². The molecule has 0 aromatic carbocycles. The minimum absolute atomic E-state index is 0.158. The van der Waals surface area contributed by atoms with Crippen LogP contribution in [0.25, 0.3) is 0 Å². The number of amides is 1. The molecule has 0 saturated carbocycles. The number of anilines is 1. The van der Waals surface area contributed by atoms with Crippen LogP contribution in [-0.2, 0) is 4.79 Å². The molecule has 3 atom stereocenters. The highest BCUT2D eigenvalue weighted by atomic mass is 16.5. The highest BCUT2D eigenvalue weighted by Gasteiger charge is 2.31. The van der Waals surface area contributed by atoms with Crippen LogP contribution in [0.1, 0.15) is 40.0 Å². The summed E-state index contributed by atoms with van der Waals surface area (Å²) in [6, 6.07) is 4.03. The highest BCUT2D eigenvalue weighted by molar-refractivity contribution is 5.84. The van der Waals surface area contributed by atoms with Gasteiger partial charge in [0, 0.05) is 18.2 Å². The van der Waals surface area contributed by atoms with Crippen molar-refractivity contribution in [3.05, 3.63) is 18.3 Å². The van der Waals surface area contributed by atoms with E-state index in [2.05, 4.69) is 24.1 Å². The number of likely N-dealkylation sites (tertiary alicyclic amines) is 1. The van der Waals surface area contributed by atoms with Crippen LogP contribution in [0.2, 0.25) is 0 Å². The maximum atomic E-state index is 12.7. The predicted molar refractivity (Wildman–Crippen MR) is 83.5 cm³/mol. The number of hydrogen-bond acceptors (Lipinski definition) is 4. The molecule has 2 heterocycles. The van der Waals surface area contributed by atoms with E-state index < -0.39 is 0 Å². The largest absolute Gasteiger partial charge is 0.481 e. The normalized spacial score (nSPS) is 23.5. The zero-order valence-electron chi connectivity index (χ0n) is 13.3. The van der Waals surface area contributed by atoms with E-state index >= 15 is 0 Å². The van der Waals surface area contributed by atoms with Gasteiger partial charge in [0.05, 0.1) is 19.0 Å².